The van der Waals surface area contributed by atoms with Crippen molar-refractivity contribution < 1.29 is 9.90 Å². The number of aromatic nitrogens is 1. The van der Waals surface area contributed by atoms with Gasteiger partial charge in [0.1, 0.15) is 5.69 Å². The first-order chi connectivity index (χ1) is 9.06. The zero-order chi connectivity index (χ0) is 13.8. The van der Waals surface area contributed by atoms with Crippen LogP contribution in [0.25, 0.3) is 0 Å². The van der Waals surface area contributed by atoms with Crippen LogP contribution in [0.15, 0.2) is 5.38 Å². The lowest BCUT2D eigenvalue weighted by molar-refractivity contribution is 0.0922. The van der Waals surface area contributed by atoms with Crippen molar-refractivity contribution in [3.8, 4) is 0 Å². The van der Waals surface area contributed by atoms with Gasteiger partial charge in [-0.1, -0.05) is 13.8 Å². The Balaban J connectivity index is 1.84. The smallest absolute Gasteiger partial charge is 0.270 e. The lowest BCUT2D eigenvalue weighted by Gasteiger charge is -2.13. The van der Waals surface area contributed by atoms with Crippen molar-refractivity contribution in [1.29, 1.82) is 0 Å². The summed E-state index contributed by atoms with van der Waals surface area (Å²) in [7, 11) is 0. The molecule has 1 aliphatic heterocycles. The molecule has 106 valence electrons. The maximum Gasteiger partial charge on any atom is 0.270 e. The van der Waals surface area contributed by atoms with Crippen LogP contribution in [0, 0.1) is 11.8 Å². The quantitative estimate of drug-likeness (QED) is 0.742. The molecule has 5 nitrogen and oxygen atoms in total. The number of hydrogen-bond acceptors (Lipinski definition) is 5. The molecule has 1 aromatic rings. The van der Waals surface area contributed by atoms with Crippen LogP contribution in [0.5, 0.6) is 0 Å². The van der Waals surface area contributed by atoms with E-state index in [0.717, 1.165) is 18.0 Å². The van der Waals surface area contributed by atoms with Gasteiger partial charge in [0.05, 0.1) is 11.1 Å². The highest BCUT2D eigenvalue weighted by molar-refractivity contribution is 7.09. The Hall–Kier alpha value is -0.980. The summed E-state index contributed by atoms with van der Waals surface area (Å²) in [6.45, 7) is 6.11. The largest absolute Gasteiger partial charge is 0.391 e. The molecule has 2 atom stereocenters. The topological polar surface area (TPSA) is 74.2 Å². The van der Waals surface area contributed by atoms with E-state index < -0.39 is 0 Å². The lowest BCUT2D eigenvalue weighted by Crippen LogP contribution is -2.34. The number of carbonyl (C=O) groups excluding carboxylic acids is 1. The van der Waals surface area contributed by atoms with E-state index in [0.29, 0.717) is 24.7 Å². The molecule has 6 heteroatoms. The van der Waals surface area contributed by atoms with Gasteiger partial charge < -0.3 is 15.7 Å². The van der Waals surface area contributed by atoms with Crippen LogP contribution < -0.4 is 10.6 Å². The molecule has 0 radical (unpaired) electrons. The minimum absolute atomic E-state index is 0.0951. The van der Waals surface area contributed by atoms with Crippen LogP contribution in [0.2, 0.25) is 0 Å². The molecule has 1 fully saturated rings. The lowest BCUT2D eigenvalue weighted by atomic mass is 10.1. The third kappa shape index (κ3) is 3.99. The second-order valence-corrected chi connectivity index (χ2v) is 6.36. The monoisotopic (exact) mass is 283 g/mol. The number of aliphatic hydroxyl groups excluding tert-OH is 1. The highest BCUT2D eigenvalue weighted by atomic mass is 32.1. The third-order valence-electron chi connectivity index (χ3n) is 3.20. The zero-order valence-corrected chi connectivity index (χ0v) is 12.2. The molecule has 19 heavy (non-hydrogen) atoms. The van der Waals surface area contributed by atoms with Gasteiger partial charge in [-0.2, -0.15) is 0 Å². The highest BCUT2D eigenvalue weighted by Gasteiger charge is 2.25. The second kappa shape index (κ2) is 6.45. The Morgan fingerprint density at radius 3 is 3.05 bits per heavy atom. The van der Waals surface area contributed by atoms with E-state index in [-0.39, 0.29) is 17.9 Å². The van der Waals surface area contributed by atoms with Crippen molar-refractivity contribution in [2.24, 2.45) is 11.8 Å². The first-order valence-corrected chi connectivity index (χ1v) is 7.55. The Labute approximate surface area is 117 Å². The van der Waals surface area contributed by atoms with Gasteiger partial charge in [-0.15, -0.1) is 11.3 Å². The minimum Gasteiger partial charge on any atom is -0.391 e. The number of carbonyl (C=O) groups is 1. The van der Waals surface area contributed by atoms with Crippen molar-refractivity contribution in [2.45, 2.75) is 26.4 Å². The molecule has 1 amide bonds. The molecule has 0 bridgehead atoms. The zero-order valence-electron chi connectivity index (χ0n) is 11.3. The van der Waals surface area contributed by atoms with E-state index in [2.05, 4.69) is 29.5 Å². The number of nitrogens with one attached hydrogen (secondary N) is 2. The number of rotatable bonds is 5. The molecule has 2 rings (SSSR count). The molecule has 1 saturated heterocycles. The summed E-state index contributed by atoms with van der Waals surface area (Å²) in [5, 5.41) is 18.4. The maximum atomic E-state index is 11.9. The minimum atomic E-state index is -0.368. The summed E-state index contributed by atoms with van der Waals surface area (Å²) in [6, 6.07) is 0. The van der Waals surface area contributed by atoms with E-state index >= 15 is 0 Å². The van der Waals surface area contributed by atoms with Gasteiger partial charge in [-0.05, 0) is 5.92 Å². The van der Waals surface area contributed by atoms with Gasteiger partial charge in [-0.25, -0.2) is 4.98 Å². The Bertz CT molecular complexity index is 433. The Morgan fingerprint density at radius 1 is 1.63 bits per heavy atom. The molecular weight excluding hydrogens is 262 g/mol. The van der Waals surface area contributed by atoms with Crippen LogP contribution in [0.3, 0.4) is 0 Å². The van der Waals surface area contributed by atoms with Crippen LogP contribution >= 0.6 is 11.3 Å². The van der Waals surface area contributed by atoms with Gasteiger partial charge in [0, 0.05) is 37.4 Å². The molecule has 0 spiro atoms. The van der Waals surface area contributed by atoms with Crippen molar-refractivity contribution in [3.05, 3.63) is 16.1 Å². The maximum absolute atomic E-state index is 11.9. The molecule has 1 aliphatic rings. The predicted octanol–water partition coefficient (Wildman–Crippen LogP) is 0.652. The SMILES string of the molecule is CC(C)Cc1nc(C(=O)NCC2CNCC2O)cs1. The summed E-state index contributed by atoms with van der Waals surface area (Å²) in [5.74, 6) is 0.491. The summed E-state index contributed by atoms with van der Waals surface area (Å²) in [5.41, 5.74) is 0.487. The van der Waals surface area contributed by atoms with Gasteiger partial charge in [0.15, 0.2) is 0 Å². The predicted molar refractivity (Wildman–Crippen MR) is 75.4 cm³/mol. The fourth-order valence-electron chi connectivity index (χ4n) is 2.10. The average Bonchev–Trinajstić information content (AvgIpc) is 2.95. The van der Waals surface area contributed by atoms with Crippen LogP contribution in [-0.2, 0) is 6.42 Å². The molecule has 0 aromatic carbocycles. The van der Waals surface area contributed by atoms with Crippen LogP contribution in [0.4, 0.5) is 0 Å². The Morgan fingerprint density at radius 2 is 2.42 bits per heavy atom. The molecule has 2 unspecified atom stereocenters. The first kappa shape index (κ1) is 14.4. The molecule has 1 aromatic heterocycles. The summed E-state index contributed by atoms with van der Waals surface area (Å²) >= 11 is 1.53. The molecule has 2 heterocycles. The van der Waals surface area contributed by atoms with E-state index in [1.807, 2.05) is 0 Å². The van der Waals surface area contributed by atoms with Gasteiger partial charge in [0.2, 0.25) is 0 Å². The van der Waals surface area contributed by atoms with Crippen LogP contribution in [-0.4, -0.2) is 41.7 Å². The number of aliphatic hydroxyl groups is 1. The normalized spacial score (nSPS) is 22.9. The fraction of sp³-hybridized carbons (Fsp3) is 0.692. The average molecular weight is 283 g/mol. The molecular formula is C13H21N3O2S. The van der Waals surface area contributed by atoms with Crippen molar-refractivity contribution >= 4 is 17.2 Å². The van der Waals surface area contributed by atoms with Crippen molar-refractivity contribution in [2.75, 3.05) is 19.6 Å². The second-order valence-electron chi connectivity index (χ2n) is 5.42. The molecule has 0 aliphatic carbocycles. The van der Waals surface area contributed by atoms with E-state index in [1.54, 1.807) is 5.38 Å². The summed E-state index contributed by atoms with van der Waals surface area (Å²) < 4.78 is 0. The number of thiazole rings is 1. The standard InChI is InChI=1S/C13H21N3O2S/c1-8(2)3-12-16-10(7-19-12)13(18)15-5-9-4-14-6-11(9)17/h7-9,11,14,17H,3-6H2,1-2H3,(H,15,18). The Kier molecular flexibility index (Phi) is 4.90. The van der Waals surface area contributed by atoms with Crippen molar-refractivity contribution in [3.63, 3.8) is 0 Å². The number of amides is 1. The van der Waals surface area contributed by atoms with E-state index in [9.17, 15) is 9.90 Å². The van der Waals surface area contributed by atoms with E-state index in [4.69, 9.17) is 0 Å². The van der Waals surface area contributed by atoms with Gasteiger partial charge >= 0.3 is 0 Å². The van der Waals surface area contributed by atoms with Crippen molar-refractivity contribution in [1.82, 2.24) is 15.6 Å². The van der Waals surface area contributed by atoms with Crippen LogP contribution in [0.1, 0.15) is 29.3 Å². The molecule has 0 saturated carbocycles. The number of nitrogens with zero attached hydrogens (tertiary/aromatic N) is 1. The number of β-amino-alcohol motifs (C(OH)–C–C–N with tert-alkyl or cyclic N) is 1. The number of hydrogen-bond donors (Lipinski definition) is 3. The fourth-order valence-corrected chi connectivity index (χ4v) is 3.09. The third-order valence-corrected chi connectivity index (χ3v) is 4.07. The van der Waals surface area contributed by atoms with Gasteiger partial charge in [0.25, 0.3) is 5.91 Å². The molecule has 3 N–H and O–H groups in total. The highest BCUT2D eigenvalue weighted by Crippen LogP contribution is 2.14. The summed E-state index contributed by atoms with van der Waals surface area (Å²) in [6.07, 6.45) is 0.538. The summed E-state index contributed by atoms with van der Waals surface area (Å²) in [4.78, 5) is 16.3. The van der Waals surface area contributed by atoms with Gasteiger partial charge in [-0.3, -0.25) is 4.79 Å². The first-order valence-electron chi connectivity index (χ1n) is 6.67. The van der Waals surface area contributed by atoms with E-state index in [1.165, 1.54) is 11.3 Å².